The maximum absolute atomic E-state index is 14.5. The number of nitrogens with one attached hydrogen (secondary N) is 1. The number of aryl methyl sites for hydroxylation is 1. The minimum absolute atomic E-state index is 0.0715. The topological polar surface area (TPSA) is 86.8 Å². The van der Waals surface area contributed by atoms with Crippen LogP contribution in [0.3, 0.4) is 0 Å². The summed E-state index contributed by atoms with van der Waals surface area (Å²) in [6.45, 7) is 7.29. The molecule has 1 N–H and O–H groups in total. The average Bonchev–Trinajstić information content (AvgIpc) is 3.01. The first-order chi connectivity index (χ1) is 21.4. The van der Waals surface area contributed by atoms with Gasteiger partial charge in [-0.1, -0.05) is 95.7 Å². The van der Waals surface area contributed by atoms with E-state index in [1.807, 2.05) is 94.4 Å². The number of anilines is 1. The number of amides is 2. The fourth-order valence-electron chi connectivity index (χ4n) is 4.99. The number of hydrogen-bond acceptors (Lipinski definition) is 4. The van der Waals surface area contributed by atoms with Crippen LogP contribution in [0.5, 0.6) is 0 Å². The largest absolute Gasteiger partial charge is 0.350 e. The molecule has 0 aromatic heterocycles. The molecule has 4 aromatic rings. The van der Waals surface area contributed by atoms with Gasteiger partial charge in [-0.2, -0.15) is 0 Å². The lowest BCUT2D eigenvalue weighted by Gasteiger charge is -2.35. The van der Waals surface area contributed by atoms with Crippen LogP contribution in [0.25, 0.3) is 0 Å². The SMILES string of the molecule is CCc1ccc(N(CC(=O)N(Cc2cccc(Br)c2)[C@H](Cc2ccccc2)C(=O)NC(C)(C)C)S(=O)(=O)c2ccccc2)cc1. The summed E-state index contributed by atoms with van der Waals surface area (Å²) in [5, 5.41) is 3.05. The molecule has 0 radical (unpaired) electrons. The summed E-state index contributed by atoms with van der Waals surface area (Å²) < 4.78 is 30.2. The van der Waals surface area contributed by atoms with Crippen molar-refractivity contribution in [2.24, 2.45) is 0 Å². The molecule has 0 aliphatic rings. The van der Waals surface area contributed by atoms with Crippen molar-refractivity contribution in [2.45, 2.75) is 63.6 Å². The van der Waals surface area contributed by atoms with E-state index in [1.54, 1.807) is 30.3 Å². The highest BCUT2D eigenvalue weighted by atomic mass is 79.9. The summed E-state index contributed by atoms with van der Waals surface area (Å²) in [4.78, 5) is 30.1. The van der Waals surface area contributed by atoms with Gasteiger partial charge < -0.3 is 10.2 Å². The zero-order chi connectivity index (χ0) is 32.6. The highest BCUT2D eigenvalue weighted by Gasteiger charge is 2.35. The second-order valence-electron chi connectivity index (χ2n) is 11.9. The summed E-state index contributed by atoms with van der Waals surface area (Å²) in [5.41, 5.74) is 2.53. The lowest BCUT2D eigenvalue weighted by molar-refractivity contribution is -0.140. The van der Waals surface area contributed by atoms with Crippen LogP contribution >= 0.6 is 15.9 Å². The number of sulfonamides is 1. The summed E-state index contributed by atoms with van der Waals surface area (Å²) in [6.07, 6.45) is 1.04. The number of carbonyl (C=O) groups excluding carboxylic acids is 2. The molecule has 0 fully saturated rings. The monoisotopic (exact) mass is 689 g/mol. The second kappa shape index (κ2) is 14.9. The molecule has 4 aromatic carbocycles. The fraction of sp³-hybridized carbons (Fsp3) is 0.278. The van der Waals surface area contributed by atoms with Gasteiger partial charge in [0, 0.05) is 23.0 Å². The molecule has 0 aliphatic heterocycles. The molecule has 9 heteroatoms. The molecule has 7 nitrogen and oxygen atoms in total. The van der Waals surface area contributed by atoms with Crippen molar-refractivity contribution in [3.63, 3.8) is 0 Å². The smallest absolute Gasteiger partial charge is 0.264 e. The Bertz CT molecular complexity index is 1690. The van der Waals surface area contributed by atoms with Crippen molar-refractivity contribution in [3.8, 4) is 0 Å². The number of carbonyl (C=O) groups is 2. The van der Waals surface area contributed by atoms with Crippen molar-refractivity contribution in [1.82, 2.24) is 10.2 Å². The Balaban J connectivity index is 1.81. The van der Waals surface area contributed by atoms with Crippen LogP contribution in [-0.2, 0) is 39.0 Å². The van der Waals surface area contributed by atoms with Gasteiger partial charge in [-0.3, -0.25) is 13.9 Å². The van der Waals surface area contributed by atoms with Gasteiger partial charge in [0.15, 0.2) is 0 Å². The fourth-order valence-corrected chi connectivity index (χ4v) is 6.87. The normalized spacial score (nSPS) is 12.3. The van der Waals surface area contributed by atoms with Gasteiger partial charge >= 0.3 is 0 Å². The predicted molar refractivity (Wildman–Crippen MR) is 183 cm³/mol. The molecule has 0 bridgehead atoms. The summed E-state index contributed by atoms with van der Waals surface area (Å²) in [6, 6.07) is 31.4. The third-order valence-electron chi connectivity index (χ3n) is 7.25. The van der Waals surface area contributed by atoms with Crippen molar-refractivity contribution in [1.29, 1.82) is 0 Å². The van der Waals surface area contributed by atoms with Crippen LogP contribution in [0.2, 0.25) is 0 Å². The van der Waals surface area contributed by atoms with E-state index in [-0.39, 0.29) is 23.8 Å². The van der Waals surface area contributed by atoms with Gasteiger partial charge in [0.05, 0.1) is 10.6 Å². The van der Waals surface area contributed by atoms with Crippen molar-refractivity contribution in [2.75, 3.05) is 10.8 Å². The van der Waals surface area contributed by atoms with Crippen LogP contribution in [0.15, 0.2) is 119 Å². The Morgan fingerprint density at radius 3 is 1.98 bits per heavy atom. The first-order valence-corrected chi connectivity index (χ1v) is 17.2. The molecule has 0 saturated carbocycles. The number of rotatable bonds is 12. The third kappa shape index (κ3) is 9.28. The van der Waals surface area contributed by atoms with E-state index in [4.69, 9.17) is 0 Å². The van der Waals surface area contributed by atoms with Crippen LogP contribution < -0.4 is 9.62 Å². The molecule has 0 spiro atoms. The third-order valence-corrected chi connectivity index (χ3v) is 9.54. The van der Waals surface area contributed by atoms with Crippen molar-refractivity contribution < 1.29 is 18.0 Å². The van der Waals surface area contributed by atoms with E-state index in [0.717, 1.165) is 31.9 Å². The van der Waals surface area contributed by atoms with E-state index >= 15 is 0 Å². The zero-order valence-corrected chi connectivity index (χ0v) is 28.5. The Morgan fingerprint density at radius 2 is 1.40 bits per heavy atom. The number of nitrogens with zero attached hydrogens (tertiary/aromatic N) is 2. The number of hydrogen-bond donors (Lipinski definition) is 1. The molecule has 2 amide bonds. The van der Waals surface area contributed by atoms with Crippen LogP contribution in [0.4, 0.5) is 5.69 Å². The molecule has 0 aliphatic carbocycles. The molecular formula is C36H40BrN3O4S. The molecule has 0 heterocycles. The van der Waals surface area contributed by atoms with Gasteiger partial charge in [-0.05, 0) is 80.3 Å². The predicted octanol–water partition coefficient (Wildman–Crippen LogP) is 6.76. The van der Waals surface area contributed by atoms with Gasteiger partial charge in [0.2, 0.25) is 11.8 Å². The zero-order valence-electron chi connectivity index (χ0n) is 26.1. The Labute approximate surface area is 275 Å². The maximum Gasteiger partial charge on any atom is 0.264 e. The lowest BCUT2D eigenvalue weighted by Crippen LogP contribution is -2.56. The van der Waals surface area contributed by atoms with Gasteiger partial charge in [-0.15, -0.1) is 0 Å². The van der Waals surface area contributed by atoms with Crippen LogP contribution in [0, 0.1) is 0 Å². The van der Waals surface area contributed by atoms with Crippen LogP contribution in [-0.4, -0.2) is 43.3 Å². The molecule has 1 atom stereocenters. The summed E-state index contributed by atoms with van der Waals surface area (Å²) in [7, 11) is -4.14. The van der Waals surface area contributed by atoms with Gasteiger partial charge in [0.1, 0.15) is 12.6 Å². The molecular weight excluding hydrogens is 650 g/mol. The molecule has 4 rings (SSSR count). The summed E-state index contributed by atoms with van der Waals surface area (Å²) >= 11 is 3.51. The molecule has 0 unspecified atom stereocenters. The highest BCUT2D eigenvalue weighted by Crippen LogP contribution is 2.26. The van der Waals surface area contributed by atoms with Gasteiger partial charge in [0.25, 0.3) is 10.0 Å². The first-order valence-electron chi connectivity index (χ1n) is 14.9. The van der Waals surface area contributed by atoms with Crippen molar-refractivity contribution in [3.05, 3.63) is 130 Å². The molecule has 0 saturated heterocycles. The Hall–Kier alpha value is -3.95. The lowest BCUT2D eigenvalue weighted by atomic mass is 10.0. The number of benzene rings is 4. The average molecular weight is 691 g/mol. The first kappa shape index (κ1) is 33.9. The highest BCUT2D eigenvalue weighted by molar-refractivity contribution is 9.10. The standard InChI is InChI=1S/C36H40BrN3O4S/c1-5-27-19-21-31(22-20-27)40(45(43,44)32-17-10-7-11-18-32)26-34(41)39(25-29-15-12-16-30(37)23-29)33(35(42)38-36(2,3)4)24-28-13-8-6-9-14-28/h6-23,33H,5,24-26H2,1-4H3,(H,38,42)/t33-/m1/s1. The van der Waals surface area contributed by atoms with E-state index in [0.29, 0.717) is 5.69 Å². The maximum atomic E-state index is 14.5. The van der Waals surface area contributed by atoms with Crippen molar-refractivity contribution >= 4 is 43.5 Å². The minimum Gasteiger partial charge on any atom is -0.350 e. The Morgan fingerprint density at radius 1 is 0.800 bits per heavy atom. The minimum atomic E-state index is -4.14. The van der Waals surface area contributed by atoms with E-state index in [2.05, 4.69) is 21.2 Å². The van der Waals surface area contributed by atoms with E-state index < -0.39 is 34.1 Å². The second-order valence-corrected chi connectivity index (χ2v) is 14.7. The quantitative estimate of drug-likeness (QED) is 0.178. The van der Waals surface area contributed by atoms with Crippen LogP contribution in [0.1, 0.15) is 44.4 Å². The molecule has 45 heavy (non-hydrogen) atoms. The Kier molecular flexibility index (Phi) is 11.2. The van der Waals surface area contributed by atoms with E-state index in [9.17, 15) is 18.0 Å². The van der Waals surface area contributed by atoms with Gasteiger partial charge in [-0.25, -0.2) is 8.42 Å². The van der Waals surface area contributed by atoms with E-state index in [1.165, 1.54) is 17.0 Å². The number of halogens is 1. The molecule has 236 valence electrons. The summed E-state index contributed by atoms with van der Waals surface area (Å²) in [5.74, 6) is -0.821.